The summed E-state index contributed by atoms with van der Waals surface area (Å²) in [5.41, 5.74) is 7.55. The molecule has 1 aliphatic rings. The van der Waals surface area contributed by atoms with Gasteiger partial charge >= 0.3 is 0 Å². The summed E-state index contributed by atoms with van der Waals surface area (Å²) < 4.78 is 5.18. The van der Waals surface area contributed by atoms with Crippen LogP contribution < -0.4 is 10.5 Å². The van der Waals surface area contributed by atoms with E-state index in [1.807, 2.05) is 23.9 Å². The van der Waals surface area contributed by atoms with Gasteiger partial charge in [0.05, 0.1) is 7.11 Å². The van der Waals surface area contributed by atoms with Crippen molar-refractivity contribution in [1.29, 1.82) is 0 Å². The van der Waals surface area contributed by atoms with Crippen LogP contribution in [0, 0.1) is 5.92 Å². The molecule has 2 nitrogen and oxygen atoms in total. The van der Waals surface area contributed by atoms with E-state index in [4.69, 9.17) is 10.5 Å². The lowest BCUT2D eigenvalue weighted by molar-refractivity contribution is 0.414. The van der Waals surface area contributed by atoms with Gasteiger partial charge in [0.2, 0.25) is 0 Å². The summed E-state index contributed by atoms with van der Waals surface area (Å²) in [6.45, 7) is 2.24. The summed E-state index contributed by atoms with van der Waals surface area (Å²) in [6, 6.07) is 8.25. The van der Waals surface area contributed by atoms with Crippen LogP contribution in [0.25, 0.3) is 0 Å². The lowest BCUT2D eigenvalue weighted by Gasteiger charge is -2.21. The Morgan fingerprint density at radius 3 is 2.47 bits per heavy atom. The predicted molar refractivity (Wildman–Crippen MR) is 83.8 cm³/mol. The summed E-state index contributed by atoms with van der Waals surface area (Å²) in [5.74, 6) is 3.09. The number of hydrogen-bond acceptors (Lipinski definition) is 3. The van der Waals surface area contributed by atoms with Crippen LogP contribution in [0.3, 0.4) is 0 Å². The first-order valence-electron chi connectivity index (χ1n) is 7.22. The molecule has 106 valence electrons. The maximum absolute atomic E-state index is 6.35. The SMILES string of the molecule is COc1ccc(C(N)C(C)SCC2CCCC2)cc1. The zero-order chi connectivity index (χ0) is 13.7. The topological polar surface area (TPSA) is 35.2 Å². The van der Waals surface area contributed by atoms with Crippen molar-refractivity contribution in [2.45, 2.75) is 43.9 Å². The van der Waals surface area contributed by atoms with Crippen LogP contribution in [0.2, 0.25) is 0 Å². The van der Waals surface area contributed by atoms with Gasteiger partial charge in [-0.1, -0.05) is 31.9 Å². The Kier molecular flexibility index (Phi) is 5.59. The molecule has 0 heterocycles. The summed E-state index contributed by atoms with van der Waals surface area (Å²) in [4.78, 5) is 0. The standard InChI is InChI=1S/C16H25NOS/c1-12(19-11-13-5-3-4-6-13)16(17)14-7-9-15(18-2)10-8-14/h7-10,12-13,16H,3-6,11,17H2,1-2H3. The number of hydrogen-bond donors (Lipinski definition) is 1. The highest BCUT2D eigenvalue weighted by Gasteiger charge is 2.20. The van der Waals surface area contributed by atoms with Crippen molar-refractivity contribution in [3.05, 3.63) is 29.8 Å². The molecule has 1 aliphatic carbocycles. The van der Waals surface area contributed by atoms with E-state index in [1.54, 1.807) is 7.11 Å². The minimum absolute atomic E-state index is 0.109. The second kappa shape index (κ2) is 7.20. The van der Waals surface area contributed by atoms with E-state index in [-0.39, 0.29) is 6.04 Å². The van der Waals surface area contributed by atoms with E-state index in [2.05, 4.69) is 19.1 Å². The molecule has 3 heteroatoms. The second-order valence-corrected chi connectivity index (χ2v) is 6.90. The number of methoxy groups -OCH3 is 1. The quantitative estimate of drug-likeness (QED) is 0.854. The van der Waals surface area contributed by atoms with E-state index < -0.39 is 0 Å². The molecule has 1 aromatic rings. The van der Waals surface area contributed by atoms with Crippen molar-refractivity contribution in [2.75, 3.05) is 12.9 Å². The molecule has 0 spiro atoms. The first-order valence-corrected chi connectivity index (χ1v) is 8.26. The summed E-state index contributed by atoms with van der Waals surface area (Å²) >= 11 is 2.03. The summed E-state index contributed by atoms with van der Waals surface area (Å²) in [5, 5.41) is 0.467. The molecule has 2 atom stereocenters. The molecular weight excluding hydrogens is 254 g/mol. The van der Waals surface area contributed by atoms with Crippen LogP contribution in [0.4, 0.5) is 0 Å². The molecule has 2 rings (SSSR count). The van der Waals surface area contributed by atoms with Gasteiger partial charge in [-0.25, -0.2) is 0 Å². The minimum Gasteiger partial charge on any atom is -0.497 e. The molecule has 0 bridgehead atoms. The normalized spacial score (nSPS) is 19.3. The van der Waals surface area contributed by atoms with Gasteiger partial charge in [-0.05, 0) is 42.2 Å². The van der Waals surface area contributed by atoms with Crippen LogP contribution >= 0.6 is 11.8 Å². The highest BCUT2D eigenvalue weighted by atomic mass is 32.2. The summed E-state index contributed by atoms with van der Waals surface area (Å²) in [7, 11) is 1.69. The molecule has 19 heavy (non-hydrogen) atoms. The number of benzene rings is 1. The maximum atomic E-state index is 6.35. The Bertz CT molecular complexity index is 373. The van der Waals surface area contributed by atoms with Gasteiger partial charge < -0.3 is 10.5 Å². The molecule has 0 amide bonds. The van der Waals surface area contributed by atoms with Gasteiger partial charge in [-0.2, -0.15) is 11.8 Å². The first-order chi connectivity index (χ1) is 9.20. The van der Waals surface area contributed by atoms with Crippen LogP contribution in [-0.2, 0) is 0 Å². The number of rotatable bonds is 6. The third-order valence-electron chi connectivity index (χ3n) is 4.08. The van der Waals surface area contributed by atoms with Crippen molar-refractivity contribution in [2.24, 2.45) is 11.7 Å². The lowest BCUT2D eigenvalue weighted by atomic mass is 10.1. The number of nitrogens with two attached hydrogens (primary N) is 1. The molecule has 2 N–H and O–H groups in total. The van der Waals surface area contributed by atoms with Gasteiger partial charge in [0.1, 0.15) is 5.75 Å². The predicted octanol–water partition coefficient (Wildman–Crippen LogP) is 4.01. The average Bonchev–Trinajstić information content (AvgIpc) is 2.97. The highest BCUT2D eigenvalue weighted by Crippen LogP contribution is 2.32. The average molecular weight is 279 g/mol. The zero-order valence-electron chi connectivity index (χ0n) is 12.0. The van der Waals surface area contributed by atoms with E-state index in [9.17, 15) is 0 Å². The van der Waals surface area contributed by atoms with Crippen molar-refractivity contribution < 1.29 is 4.74 Å². The smallest absolute Gasteiger partial charge is 0.118 e. The third-order valence-corrected chi connectivity index (χ3v) is 5.56. The van der Waals surface area contributed by atoms with Crippen molar-refractivity contribution in [1.82, 2.24) is 0 Å². The number of ether oxygens (including phenoxy) is 1. The molecule has 0 saturated heterocycles. The summed E-state index contributed by atoms with van der Waals surface area (Å²) in [6.07, 6.45) is 5.67. The fourth-order valence-electron chi connectivity index (χ4n) is 2.67. The monoisotopic (exact) mass is 279 g/mol. The minimum atomic E-state index is 0.109. The third kappa shape index (κ3) is 4.15. The van der Waals surface area contributed by atoms with Crippen LogP contribution in [-0.4, -0.2) is 18.1 Å². The van der Waals surface area contributed by atoms with E-state index in [0.717, 1.165) is 11.7 Å². The van der Waals surface area contributed by atoms with Crippen LogP contribution in [0.15, 0.2) is 24.3 Å². The molecule has 1 aromatic carbocycles. The Balaban J connectivity index is 1.84. The molecule has 0 aliphatic heterocycles. The fourth-order valence-corrected chi connectivity index (χ4v) is 3.94. The lowest BCUT2D eigenvalue weighted by Crippen LogP contribution is -2.22. The van der Waals surface area contributed by atoms with Gasteiger partial charge in [0.15, 0.2) is 0 Å². The van der Waals surface area contributed by atoms with Crippen molar-refractivity contribution >= 4 is 11.8 Å². The van der Waals surface area contributed by atoms with E-state index in [1.165, 1.54) is 37.0 Å². The van der Waals surface area contributed by atoms with Gasteiger partial charge in [-0.15, -0.1) is 0 Å². The Morgan fingerprint density at radius 1 is 1.26 bits per heavy atom. The molecule has 0 radical (unpaired) electrons. The molecule has 1 saturated carbocycles. The van der Waals surface area contributed by atoms with Crippen molar-refractivity contribution in [3.63, 3.8) is 0 Å². The first kappa shape index (κ1) is 14.7. The Morgan fingerprint density at radius 2 is 1.89 bits per heavy atom. The molecule has 1 fully saturated rings. The Hall–Kier alpha value is -0.670. The molecule has 2 unspecified atom stereocenters. The van der Waals surface area contributed by atoms with Gasteiger partial charge in [0.25, 0.3) is 0 Å². The molecular formula is C16H25NOS. The van der Waals surface area contributed by atoms with Crippen molar-refractivity contribution in [3.8, 4) is 5.75 Å². The van der Waals surface area contributed by atoms with Crippen LogP contribution in [0.5, 0.6) is 5.75 Å². The van der Waals surface area contributed by atoms with Crippen LogP contribution in [0.1, 0.15) is 44.2 Å². The second-order valence-electron chi connectivity index (χ2n) is 5.49. The fraction of sp³-hybridized carbons (Fsp3) is 0.625. The Labute approximate surface area is 121 Å². The largest absolute Gasteiger partial charge is 0.497 e. The number of thioether (sulfide) groups is 1. The van der Waals surface area contributed by atoms with Gasteiger partial charge in [0, 0.05) is 11.3 Å². The highest BCUT2D eigenvalue weighted by molar-refractivity contribution is 7.99. The molecule has 0 aromatic heterocycles. The van der Waals surface area contributed by atoms with E-state index >= 15 is 0 Å². The van der Waals surface area contributed by atoms with E-state index in [0.29, 0.717) is 5.25 Å². The van der Waals surface area contributed by atoms with Gasteiger partial charge in [-0.3, -0.25) is 0 Å². The zero-order valence-corrected chi connectivity index (χ0v) is 12.8. The maximum Gasteiger partial charge on any atom is 0.118 e.